The van der Waals surface area contributed by atoms with E-state index in [-0.39, 0.29) is 11.8 Å². The number of carbonyl (C=O) groups is 2. The quantitative estimate of drug-likeness (QED) is 0.672. The van der Waals surface area contributed by atoms with Gasteiger partial charge in [-0.1, -0.05) is 6.07 Å². The molecule has 15 heavy (non-hydrogen) atoms. The maximum atomic E-state index is 10.9. The van der Waals surface area contributed by atoms with Gasteiger partial charge in [-0.3, -0.25) is 9.59 Å². The number of hydrogen-bond donors (Lipinski definition) is 3. The average molecular weight is 224 g/mol. The number of anilines is 2. The Bertz CT molecular complexity index is 404. The van der Waals surface area contributed by atoms with Crippen molar-refractivity contribution in [3.63, 3.8) is 0 Å². The van der Waals surface area contributed by atoms with Crippen LogP contribution in [0.4, 0.5) is 11.4 Å². The van der Waals surface area contributed by atoms with Crippen molar-refractivity contribution >= 4 is 35.8 Å². The standard InChI is InChI=1S/C10H12N2O2S/c1-6(13)11-8-4-3-5-9(15)10(8)12-7(2)14/h3-5,15H,1-2H3,(H,11,13)(H,12,14). The van der Waals surface area contributed by atoms with E-state index in [1.165, 1.54) is 13.8 Å². The lowest BCUT2D eigenvalue weighted by molar-refractivity contribution is -0.115. The molecule has 4 nitrogen and oxygen atoms in total. The molecule has 0 aliphatic carbocycles. The van der Waals surface area contributed by atoms with Crippen molar-refractivity contribution in [3.8, 4) is 0 Å². The number of carbonyl (C=O) groups excluding carboxylic acids is 2. The first-order chi connectivity index (χ1) is 7.00. The van der Waals surface area contributed by atoms with Crippen molar-refractivity contribution in [1.82, 2.24) is 0 Å². The molecule has 80 valence electrons. The zero-order valence-electron chi connectivity index (χ0n) is 8.50. The monoisotopic (exact) mass is 224 g/mol. The summed E-state index contributed by atoms with van der Waals surface area (Å²) in [5.74, 6) is -0.399. The van der Waals surface area contributed by atoms with E-state index in [9.17, 15) is 9.59 Å². The minimum atomic E-state index is -0.205. The summed E-state index contributed by atoms with van der Waals surface area (Å²) in [6, 6.07) is 5.19. The first kappa shape index (κ1) is 11.6. The smallest absolute Gasteiger partial charge is 0.221 e. The molecule has 0 fully saturated rings. The molecule has 0 spiro atoms. The van der Waals surface area contributed by atoms with Crippen LogP contribution in [0, 0.1) is 0 Å². The molecule has 5 heteroatoms. The molecule has 0 unspecified atom stereocenters. The highest BCUT2D eigenvalue weighted by Crippen LogP contribution is 2.28. The Morgan fingerprint density at radius 2 is 1.73 bits per heavy atom. The van der Waals surface area contributed by atoms with Crippen molar-refractivity contribution < 1.29 is 9.59 Å². The summed E-state index contributed by atoms with van der Waals surface area (Å²) < 4.78 is 0. The second-order valence-corrected chi connectivity index (χ2v) is 3.54. The number of hydrogen-bond acceptors (Lipinski definition) is 3. The van der Waals surface area contributed by atoms with E-state index in [4.69, 9.17) is 0 Å². The largest absolute Gasteiger partial charge is 0.324 e. The minimum absolute atomic E-state index is 0.194. The van der Waals surface area contributed by atoms with E-state index in [0.29, 0.717) is 16.3 Å². The van der Waals surface area contributed by atoms with Gasteiger partial charge in [0, 0.05) is 18.7 Å². The molecule has 2 N–H and O–H groups in total. The molecule has 0 atom stereocenters. The maximum Gasteiger partial charge on any atom is 0.221 e. The van der Waals surface area contributed by atoms with Crippen molar-refractivity contribution in [1.29, 1.82) is 0 Å². The van der Waals surface area contributed by atoms with Crippen molar-refractivity contribution in [2.75, 3.05) is 10.6 Å². The van der Waals surface area contributed by atoms with Gasteiger partial charge < -0.3 is 10.6 Å². The molecular formula is C10H12N2O2S. The zero-order valence-corrected chi connectivity index (χ0v) is 9.39. The summed E-state index contributed by atoms with van der Waals surface area (Å²) in [6.07, 6.45) is 0. The predicted octanol–water partition coefficient (Wildman–Crippen LogP) is 1.89. The van der Waals surface area contributed by atoms with Gasteiger partial charge in [0.25, 0.3) is 0 Å². The Hall–Kier alpha value is -1.49. The third-order valence-electron chi connectivity index (χ3n) is 1.65. The van der Waals surface area contributed by atoms with Crippen molar-refractivity contribution in [3.05, 3.63) is 18.2 Å². The minimum Gasteiger partial charge on any atom is -0.324 e. The molecule has 1 aromatic carbocycles. The van der Waals surface area contributed by atoms with E-state index < -0.39 is 0 Å². The molecule has 1 rings (SSSR count). The van der Waals surface area contributed by atoms with Gasteiger partial charge in [-0.15, -0.1) is 12.6 Å². The van der Waals surface area contributed by atoms with Gasteiger partial charge in [0.1, 0.15) is 0 Å². The number of nitrogens with one attached hydrogen (secondary N) is 2. The van der Waals surface area contributed by atoms with E-state index in [2.05, 4.69) is 23.3 Å². The summed E-state index contributed by atoms with van der Waals surface area (Å²) in [5.41, 5.74) is 1.06. The Balaban J connectivity index is 3.08. The second kappa shape index (κ2) is 4.84. The molecule has 0 saturated carbocycles. The highest BCUT2D eigenvalue weighted by Gasteiger charge is 2.08. The van der Waals surface area contributed by atoms with Gasteiger partial charge in [0.15, 0.2) is 0 Å². The fraction of sp³-hybridized carbons (Fsp3) is 0.200. The topological polar surface area (TPSA) is 58.2 Å². The Morgan fingerprint density at radius 3 is 2.27 bits per heavy atom. The van der Waals surface area contributed by atoms with Gasteiger partial charge in [0.05, 0.1) is 11.4 Å². The van der Waals surface area contributed by atoms with Crippen LogP contribution in [-0.2, 0) is 9.59 Å². The SMILES string of the molecule is CC(=O)Nc1cccc(S)c1NC(C)=O. The Labute approximate surface area is 93.5 Å². The Kier molecular flexibility index (Phi) is 3.74. The molecule has 2 amide bonds. The molecule has 0 radical (unpaired) electrons. The van der Waals surface area contributed by atoms with Crippen LogP contribution >= 0.6 is 12.6 Å². The molecular weight excluding hydrogens is 212 g/mol. The van der Waals surface area contributed by atoms with Crippen LogP contribution in [0.2, 0.25) is 0 Å². The predicted molar refractivity (Wildman–Crippen MR) is 62.3 cm³/mol. The van der Waals surface area contributed by atoms with Gasteiger partial charge in [0.2, 0.25) is 11.8 Å². The summed E-state index contributed by atoms with van der Waals surface area (Å²) in [5, 5.41) is 5.23. The first-order valence-electron chi connectivity index (χ1n) is 4.38. The van der Waals surface area contributed by atoms with Crippen LogP contribution in [-0.4, -0.2) is 11.8 Å². The van der Waals surface area contributed by atoms with E-state index in [1.54, 1.807) is 18.2 Å². The molecule has 0 bridgehead atoms. The lowest BCUT2D eigenvalue weighted by Crippen LogP contribution is -2.12. The first-order valence-corrected chi connectivity index (χ1v) is 4.82. The molecule has 0 heterocycles. The van der Waals surface area contributed by atoms with E-state index in [0.717, 1.165) is 0 Å². The second-order valence-electron chi connectivity index (χ2n) is 3.06. The van der Waals surface area contributed by atoms with Crippen LogP contribution in [0.15, 0.2) is 23.1 Å². The van der Waals surface area contributed by atoms with Crippen molar-refractivity contribution in [2.45, 2.75) is 18.7 Å². The Morgan fingerprint density at radius 1 is 1.13 bits per heavy atom. The number of amides is 2. The van der Waals surface area contributed by atoms with Crippen LogP contribution < -0.4 is 10.6 Å². The summed E-state index contributed by atoms with van der Waals surface area (Å²) in [4.78, 5) is 22.5. The number of benzene rings is 1. The summed E-state index contributed by atoms with van der Waals surface area (Å²) >= 11 is 4.20. The highest BCUT2D eigenvalue weighted by atomic mass is 32.1. The maximum absolute atomic E-state index is 10.9. The van der Waals surface area contributed by atoms with Crippen LogP contribution in [0.1, 0.15) is 13.8 Å². The lowest BCUT2D eigenvalue weighted by atomic mass is 10.2. The average Bonchev–Trinajstić information content (AvgIpc) is 2.09. The molecule has 0 saturated heterocycles. The van der Waals surface area contributed by atoms with Gasteiger partial charge in [-0.05, 0) is 12.1 Å². The van der Waals surface area contributed by atoms with Crippen LogP contribution in [0.25, 0.3) is 0 Å². The summed E-state index contributed by atoms with van der Waals surface area (Å²) in [6.45, 7) is 2.81. The third kappa shape index (κ3) is 3.28. The van der Waals surface area contributed by atoms with Crippen molar-refractivity contribution in [2.24, 2.45) is 0 Å². The molecule has 1 aromatic rings. The third-order valence-corrected chi connectivity index (χ3v) is 2.03. The normalized spacial score (nSPS) is 9.53. The number of thiol groups is 1. The zero-order chi connectivity index (χ0) is 11.4. The van der Waals surface area contributed by atoms with Crippen LogP contribution in [0.5, 0.6) is 0 Å². The molecule has 0 aromatic heterocycles. The number of para-hydroxylation sites is 1. The van der Waals surface area contributed by atoms with E-state index >= 15 is 0 Å². The van der Waals surface area contributed by atoms with E-state index in [1.807, 2.05) is 0 Å². The highest BCUT2D eigenvalue weighted by molar-refractivity contribution is 7.80. The number of rotatable bonds is 2. The molecule has 0 aliphatic rings. The fourth-order valence-electron chi connectivity index (χ4n) is 1.14. The summed E-state index contributed by atoms with van der Waals surface area (Å²) in [7, 11) is 0. The fourth-order valence-corrected chi connectivity index (χ4v) is 1.40. The van der Waals surface area contributed by atoms with Gasteiger partial charge in [-0.25, -0.2) is 0 Å². The van der Waals surface area contributed by atoms with Crippen LogP contribution in [0.3, 0.4) is 0 Å². The van der Waals surface area contributed by atoms with Gasteiger partial charge in [-0.2, -0.15) is 0 Å². The molecule has 0 aliphatic heterocycles. The van der Waals surface area contributed by atoms with Gasteiger partial charge >= 0.3 is 0 Å². The lowest BCUT2D eigenvalue weighted by Gasteiger charge is -2.12.